The van der Waals surface area contributed by atoms with Crippen LogP contribution in [0.25, 0.3) is 0 Å². The first-order chi connectivity index (χ1) is 11.9. The standard InChI is InChI=1S/C17H29FO8/c1-15(2,3)14(20)23-8-9-11-12(10(19)13(18)24-9)26-17(5,22-7)16(4,21-6)25-11/h9-13,19H,8H2,1-7H3/t9-,10+,11-,12-,13+,16+,17+/m1/s1. The van der Waals surface area contributed by atoms with Crippen molar-refractivity contribution in [2.75, 3.05) is 20.8 Å². The second-order valence-corrected chi connectivity index (χ2v) is 7.83. The van der Waals surface area contributed by atoms with E-state index in [1.165, 1.54) is 14.2 Å². The van der Waals surface area contributed by atoms with Crippen LogP contribution in [0, 0.1) is 5.41 Å². The molecule has 0 amide bonds. The maximum Gasteiger partial charge on any atom is 0.311 e. The third kappa shape index (κ3) is 3.74. The Balaban J connectivity index is 2.23. The zero-order valence-corrected chi connectivity index (χ0v) is 16.3. The monoisotopic (exact) mass is 380 g/mol. The second-order valence-electron chi connectivity index (χ2n) is 7.83. The number of carbonyl (C=O) groups excluding carboxylic acids is 1. The van der Waals surface area contributed by atoms with Crippen LogP contribution in [0.3, 0.4) is 0 Å². The molecule has 0 aliphatic carbocycles. The number of hydrogen-bond acceptors (Lipinski definition) is 8. The minimum atomic E-state index is -2.02. The van der Waals surface area contributed by atoms with Gasteiger partial charge in [0.15, 0.2) is 0 Å². The van der Waals surface area contributed by atoms with Gasteiger partial charge in [0.2, 0.25) is 17.9 Å². The number of carbonyl (C=O) groups is 1. The molecular formula is C17H29FO8. The van der Waals surface area contributed by atoms with Gasteiger partial charge in [-0.1, -0.05) is 0 Å². The Hall–Kier alpha value is -0.840. The predicted molar refractivity (Wildman–Crippen MR) is 86.8 cm³/mol. The molecule has 2 heterocycles. The van der Waals surface area contributed by atoms with Crippen molar-refractivity contribution >= 4 is 5.97 Å². The van der Waals surface area contributed by atoms with Gasteiger partial charge in [0.05, 0.1) is 5.41 Å². The molecule has 0 aromatic heterocycles. The molecule has 2 aliphatic heterocycles. The molecule has 0 radical (unpaired) electrons. The number of halogens is 1. The number of ether oxygens (including phenoxy) is 6. The fourth-order valence-corrected chi connectivity index (χ4v) is 2.87. The first kappa shape index (κ1) is 21.5. The normalized spacial score (nSPS) is 43.7. The number of aliphatic hydroxyl groups excluding tert-OH is 1. The molecule has 0 spiro atoms. The van der Waals surface area contributed by atoms with E-state index in [1.807, 2.05) is 0 Å². The predicted octanol–water partition coefficient (Wildman–Crippen LogP) is 1.14. The molecule has 0 bridgehead atoms. The molecule has 8 nitrogen and oxygen atoms in total. The number of alkyl halides is 1. The van der Waals surface area contributed by atoms with Crippen molar-refractivity contribution in [3.8, 4) is 0 Å². The number of aliphatic hydroxyl groups is 1. The van der Waals surface area contributed by atoms with E-state index < -0.39 is 53.7 Å². The average molecular weight is 380 g/mol. The first-order valence-electron chi connectivity index (χ1n) is 8.49. The summed E-state index contributed by atoms with van der Waals surface area (Å²) in [5, 5.41) is 10.2. The van der Waals surface area contributed by atoms with Gasteiger partial charge in [-0.25, -0.2) is 4.39 Å². The van der Waals surface area contributed by atoms with Gasteiger partial charge in [-0.2, -0.15) is 0 Å². The molecule has 2 aliphatic rings. The first-order valence-corrected chi connectivity index (χ1v) is 8.49. The summed E-state index contributed by atoms with van der Waals surface area (Å²) in [4.78, 5) is 12.0. The van der Waals surface area contributed by atoms with Crippen molar-refractivity contribution in [2.45, 2.75) is 77.0 Å². The summed E-state index contributed by atoms with van der Waals surface area (Å²) in [5.74, 6) is -3.22. The van der Waals surface area contributed by atoms with Crippen molar-refractivity contribution in [1.29, 1.82) is 0 Å². The van der Waals surface area contributed by atoms with Crippen LogP contribution in [0.15, 0.2) is 0 Å². The minimum absolute atomic E-state index is 0.253. The molecule has 7 atom stereocenters. The number of hydrogen-bond donors (Lipinski definition) is 1. The highest BCUT2D eigenvalue weighted by molar-refractivity contribution is 5.75. The summed E-state index contributed by atoms with van der Waals surface area (Å²) < 4.78 is 47.2. The summed E-state index contributed by atoms with van der Waals surface area (Å²) in [6, 6.07) is 0. The molecule has 2 rings (SSSR count). The van der Waals surface area contributed by atoms with Crippen molar-refractivity contribution in [3.63, 3.8) is 0 Å². The van der Waals surface area contributed by atoms with E-state index in [9.17, 15) is 14.3 Å². The maximum absolute atomic E-state index is 14.2. The number of esters is 1. The van der Waals surface area contributed by atoms with Gasteiger partial charge in [-0.05, 0) is 34.6 Å². The van der Waals surface area contributed by atoms with E-state index >= 15 is 0 Å². The SMILES string of the molecule is CO[C@@]1(C)O[C@@H]2[C@H](O)[C@@H](F)O[C@H](COC(=O)C(C)(C)C)[C@H]2O[C@]1(C)OC. The molecule has 26 heavy (non-hydrogen) atoms. The topological polar surface area (TPSA) is 92.7 Å². The minimum Gasteiger partial charge on any atom is -0.462 e. The van der Waals surface area contributed by atoms with Gasteiger partial charge in [0, 0.05) is 14.2 Å². The van der Waals surface area contributed by atoms with E-state index in [1.54, 1.807) is 34.6 Å². The Bertz CT molecular complexity index is 523. The van der Waals surface area contributed by atoms with Crippen molar-refractivity contribution in [2.24, 2.45) is 5.41 Å². The van der Waals surface area contributed by atoms with Crippen molar-refractivity contribution < 1.29 is 42.7 Å². The molecule has 0 aromatic rings. The zero-order chi connectivity index (χ0) is 19.9. The summed E-state index contributed by atoms with van der Waals surface area (Å²) >= 11 is 0. The largest absolute Gasteiger partial charge is 0.462 e. The molecular weight excluding hydrogens is 351 g/mol. The lowest BCUT2D eigenvalue weighted by Crippen LogP contribution is -2.72. The molecule has 0 aromatic carbocycles. The van der Waals surface area contributed by atoms with Crippen LogP contribution in [0.1, 0.15) is 34.6 Å². The van der Waals surface area contributed by atoms with Crippen LogP contribution in [-0.2, 0) is 33.2 Å². The van der Waals surface area contributed by atoms with E-state index in [0.717, 1.165) is 0 Å². The third-order valence-corrected chi connectivity index (χ3v) is 4.92. The smallest absolute Gasteiger partial charge is 0.311 e. The van der Waals surface area contributed by atoms with Crippen molar-refractivity contribution in [1.82, 2.24) is 0 Å². The van der Waals surface area contributed by atoms with Gasteiger partial charge in [0.1, 0.15) is 31.0 Å². The quantitative estimate of drug-likeness (QED) is 0.726. The Labute approximate surface area is 152 Å². The fourth-order valence-electron chi connectivity index (χ4n) is 2.87. The lowest BCUT2D eigenvalue weighted by molar-refractivity contribution is -0.476. The number of rotatable bonds is 4. The Morgan fingerprint density at radius 1 is 1.12 bits per heavy atom. The van der Waals surface area contributed by atoms with E-state index in [0.29, 0.717) is 0 Å². The highest BCUT2D eigenvalue weighted by Gasteiger charge is 2.62. The van der Waals surface area contributed by atoms with Crippen LogP contribution in [0.2, 0.25) is 0 Å². The molecule has 0 saturated carbocycles. The Kier molecular flexibility index (Phi) is 6.02. The van der Waals surface area contributed by atoms with Crippen LogP contribution >= 0.6 is 0 Å². The summed E-state index contributed by atoms with van der Waals surface area (Å²) in [7, 11) is 2.80. The van der Waals surface area contributed by atoms with E-state index in [2.05, 4.69) is 0 Å². The van der Waals surface area contributed by atoms with Gasteiger partial charge in [-0.15, -0.1) is 0 Å². The lowest BCUT2D eigenvalue weighted by Gasteiger charge is -2.55. The molecule has 9 heteroatoms. The van der Waals surface area contributed by atoms with E-state index in [4.69, 9.17) is 28.4 Å². The highest BCUT2D eigenvalue weighted by atomic mass is 19.1. The summed E-state index contributed by atoms with van der Waals surface area (Å²) in [6.45, 7) is 8.02. The zero-order valence-electron chi connectivity index (χ0n) is 16.3. The second kappa shape index (κ2) is 7.29. The molecule has 0 unspecified atom stereocenters. The number of fused-ring (bicyclic) bond motifs is 1. The Morgan fingerprint density at radius 2 is 1.62 bits per heavy atom. The van der Waals surface area contributed by atoms with E-state index in [-0.39, 0.29) is 6.61 Å². The van der Waals surface area contributed by atoms with Crippen molar-refractivity contribution in [3.05, 3.63) is 0 Å². The van der Waals surface area contributed by atoms with Crippen LogP contribution in [-0.4, -0.2) is 74.3 Å². The highest BCUT2D eigenvalue weighted by Crippen LogP contribution is 2.43. The lowest BCUT2D eigenvalue weighted by atomic mass is 9.94. The fraction of sp³-hybridized carbons (Fsp3) is 0.941. The van der Waals surface area contributed by atoms with Crippen LogP contribution in [0.4, 0.5) is 4.39 Å². The maximum atomic E-state index is 14.2. The molecule has 1 N–H and O–H groups in total. The van der Waals surface area contributed by atoms with Crippen LogP contribution < -0.4 is 0 Å². The van der Waals surface area contributed by atoms with Gasteiger partial charge in [-0.3, -0.25) is 4.79 Å². The third-order valence-electron chi connectivity index (χ3n) is 4.92. The number of methoxy groups -OCH3 is 2. The van der Waals surface area contributed by atoms with Crippen LogP contribution in [0.5, 0.6) is 0 Å². The van der Waals surface area contributed by atoms with Gasteiger partial charge < -0.3 is 33.5 Å². The molecule has 2 fully saturated rings. The Morgan fingerprint density at radius 3 is 2.08 bits per heavy atom. The average Bonchev–Trinajstić information content (AvgIpc) is 2.57. The summed E-state index contributed by atoms with van der Waals surface area (Å²) in [6.07, 6.45) is -6.62. The van der Waals surface area contributed by atoms with Gasteiger partial charge >= 0.3 is 5.97 Å². The molecule has 2 saturated heterocycles. The summed E-state index contributed by atoms with van der Waals surface area (Å²) in [5.41, 5.74) is -0.720. The van der Waals surface area contributed by atoms with Gasteiger partial charge in [0.25, 0.3) is 0 Å². The molecule has 152 valence electrons.